The number of fused-ring (bicyclic) bond motifs is 1. The smallest absolute Gasteiger partial charge is 0.337 e. The number of methoxy groups -OCH3 is 1. The number of ether oxygens (including phenoxy) is 1. The third-order valence-corrected chi connectivity index (χ3v) is 2.59. The maximum atomic E-state index is 11.4. The van der Waals surface area contributed by atoms with E-state index in [4.69, 9.17) is 0 Å². The van der Waals surface area contributed by atoms with Gasteiger partial charge >= 0.3 is 5.97 Å². The van der Waals surface area contributed by atoms with Gasteiger partial charge in [-0.15, -0.1) is 0 Å². The van der Waals surface area contributed by atoms with Crippen LogP contribution in [-0.4, -0.2) is 19.0 Å². The lowest BCUT2D eigenvalue weighted by molar-refractivity contribution is -0.116. The number of benzene rings is 1. The molecule has 1 unspecified atom stereocenters. The first kappa shape index (κ1) is 9.71. The molecular formula is C11H11NO3. The van der Waals surface area contributed by atoms with Gasteiger partial charge in [0.1, 0.15) is 0 Å². The number of rotatable bonds is 1. The van der Waals surface area contributed by atoms with Crippen molar-refractivity contribution in [3.8, 4) is 0 Å². The minimum atomic E-state index is -0.397. The van der Waals surface area contributed by atoms with Crippen LogP contribution in [0.25, 0.3) is 0 Å². The second-order valence-corrected chi connectivity index (χ2v) is 3.50. The van der Waals surface area contributed by atoms with Crippen molar-refractivity contribution in [1.29, 1.82) is 0 Å². The molecular weight excluding hydrogens is 194 g/mol. The lowest BCUT2D eigenvalue weighted by atomic mass is 10.0. The molecule has 0 aromatic heterocycles. The molecule has 0 fully saturated rings. The third kappa shape index (κ3) is 1.48. The maximum absolute atomic E-state index is 11.4. The van der Waals surface area contributed by atoms with Gasteiger partial charge in [-0.05, 0) is 24.6 Å². The highest BCUT2D eigenvalue weighted by Crippen LogP contribution is 2.32. The maximum Gasteiger partial charge on any atom is 0.337 e. The first-order chi connectivity index (χ1) is 7.13. The summed E-state index contributed by atoms with van der Waals surface area (Å²) in [6, 6.07) is 5.09. The van der Waals surface area contributed by atoms with Gasteiger partial charge in [-0.2, -0.15) is 0 Å². The predicted molar refractivity (Wildman–Crippen MR) is 54.8 cm³/mol. The summed E-state index contributed by atoms with van der Waals surface area (Å²) >= 11 is 0. The Morgan fingerprint density at radius 3 is 2.87 bits per heavy atom. The van der Waals surface area contributed by atoms with Gasteiger partial charge in [0.15, 0.2) is 0 Å². The minimum absolute atomic E-state index is 0.0352. The molecule has 1 aromatic rings. The highest BCUT2D eigenvalue weighted by atomic mass is 16.5. The van der Waals surface area contributed by atoms with E-state index in [1.807, 2.05) is 6.92 Å². The zero-order chi connectivity index (χ0) is 11.0. The number of hydrogen-bond acceptors (Lipinski definition) is 3. The van der Waals surface area contributed by atoms with Crippen LogP contribution in [0.3, 0.4) is 0 Å². The topological polar surface area (TPSA) is 55.4 Å². The van der Waals surface area contributed by atoms with E-state index >= 15 is 0 Å². The highest BCUT2D eigenvalue weighted by Gasteiger charge is 2.26. The number of amides is 1. The summed E-state index contributed by atoms with van der Waals surface area (Å²) in [5, 5.41) is 2.72. The molecule has 1 heterocycles. The molecule has 1 N–H and O–H groups in total. The number of carbonyl (C=O) groups excluding carboxylic acids is 2. The third-order valence-electron chi connectivity index (χ3n) is 2.59. The van der Waals surface area contributed by atoms with Crippen LogP contribution in [0.4, 0.5) is 5.69 Å². The SMILES string of the molecule is COC(=O)c1ccc2c(c1)NC(=O)C2C. The molecule has 78 valence electrons. The van der Waals surface area contributed by atoms with Crippen LogP contribution in [-0.2, 0) is 9.53 Å². The van der Waals surface area contributed by atoms with Crippen LogP contribution in [0.5, 0.6) is 0 Å². The summed E-state index contributed by atoms with van der Waals surface area (Å²) in [7, 11) is 1.33. The average Bonchev–Trinajstić information content (AvgIpc) is 2.53. The van der Waals surface area contributed by atoms with E-state index in [0.29, 0.717) is 11.3 Å². The molecule has 0 radical (unpaired) electrons. The van der Waals surface area contributed by atoms with Crippen molar-refractivity contribution in [3.05, 3.63) is 29.3 Å². The Morgan fingerprint density at radius 2 is 2.20 bits per heavy atom. The summed E-state index contributed by atoms with van der Waals surface area (Å²) in [5.74, 6) is -0.578. The van der Waals surface area contributed by atoms with Gasteiger partial charge in [-0.1, -0.05) is 6.07 Å². The fourth-order valence-electron chi connectivity index (χ4n) is 1.67. The summed E-state index contributed by atoms with van der Waals surface area (Å²) in [5.41, 5.74) is 2.08. The van der Waals surface area contributed by atoms with Gasteiger partial charge in [-0.25, -0.2) is 4.79 Å². The van der Waals surface area contributed by atoms with E-state index in [2.05, 4.69) is 10.1 Å². The van der Waals surface area contributed by atoms with Crippen LogP contribution in [0.15, 0.2) is 18.2 Å². The molecule has 1 atom stereocenters. The van der Waals surface area contributed by atoms with Gasteiger partial charge in [0.05, 0.1) is 18.6 Å². The van der Waals surface area contributed by atoms with E-state index in [-0.39, 0.29) is 11.8 Å². The number of nitrogens with one attached hydrogen (secondary N) is 1. The Bertz CT molecular complexity index is 439. The van der Waals surface area contributed by atoms with Gasteiger partial charge < -0.3 is 10.1 Å². The molecule has 2 rings (SSSR count). The Labute approximate surface area is 87.2 Å². The Balaban J connectivity index is 2.42. The first-order valence-corrected chi connectivity index (χ1v) is 4.66. The van der Waals surface area contributed by atoms with E-state index in [1.165, 1.54) is 7.11 Å². The van der Waals surface area contributed by atoms with Crippen molar-refractivity contribution in [2.45, 2.75) is 12.8 Å². The van der Waals surface area contributed by atoms with E-state index in [9.17, 15) is 9.59 Å². The molecule has 1 aliphatic rings. The van der Waals surface area contributed by atoms with Gasteiger partial charge in [0.25, 0.3) is 0 Å². The Hall–Kier alpha value is -1.84. The summed E-state index contributed by atoms with van der Waals surface area (Å²) < 4.78 is 4.60. The van der Waals surface area contributed by atoms with Crippen LogP contribution in [0, 0.1) is 0 Å². The van der Waals surface area contributed by atoms with Gasteiger partial charge in [0.2, 0.25) is 5.91 Å². The van der Waals surface area contributed by atoms with Crippen molar-refractivity contribution in [1.82, 2.24) is 0 Å². The van der Waals surface area contributed by atoms with Crippen LogP contribution in [0.2, 0.25) is 0 Å². The number of hydrogen-bond donors (Lipinski definition) is 1. The van der Waals surface area contributed by atoms with Crippen molar-refractivity contribution in [3.63, 3.8) is 0 Å². The molecule has 0 bridgehead atoms. The van der Waals surface area contributed by atoms with Crippen LogP contribution >= 0.6 is 0 Å². The van der Waals surface area contributed by atoms with Crippen molar-refractivity contribution in [2.75, 3.05) is 12.4 Å². The van der Waals surface area contributed by atoms with E-state index < -0.39 is 5.97 Å². The molecule has 4 nitrogen and oxygen atoms in total. The summed E-state index contributed by atoms with van der Waals surface area (Å²) in [4.78, 5) is 22.6. The molecule has 15 heavy (non-hydrogen) atoms. The van der Waals surface area contributed by atoms with Gasteiger partial charge in [0, 0.05) is 5.69 Å². The van der Waals surface area contributed by atoms with Crippen LogP contribution in [0.1, 0.15) is 28.8 Å². The highest BCUT2D eigenvalue weighted by molar-refractivity contribution is 6.04. The fourth-order valence-corrected chi connectivity index (χ4v) is 1.67. The molecule has 4 heteroatoms. The second-order valence-electron chi connectivity index (χ2n) is 3.50. The van der Waals surface area contributed by atoms with Crippen molar-refractivity contribution in [2.24, 2.45) is 0 Å². The predicted octanol–water partition coefficient (Wildman–Crippen LogP) is 1.53. The average molecular weight is 205 g/mol. The van der Waals surface area contributed by atoms with E-state index in [1.54, 1.807) is 18.2 Å². The minimum Gasteiger partial charge on any atom is -0.465 e. The molecule has 0 aliphatic carbocycles. The monoisotopic (exact) mass is 205 g/mol. The molecule has 0 saturated heterocycles. The normalized spacial score (nSPS) is 18.3. The molecule has 0 spiro atoms. The summed E-state index contributed by atoms with van der Waals surface area (Å²) in [6.07, 6.45) is 0. The zero-order valence-corrected chi connectivity index (χ0v) is 8.53. The van der Waals surface area contributed by atoms with Crippen LogP contribution < -0.4 is 5.32 Å². The summed E-state index contributed by atoms with van der Waals surface area (Å²) in [6.45, 7) is 1.83. The first-order valence-electron chi connectivity index (χ1n) is 4.66. The molecule has 1 aromatic carbocycles. The number of esters is 1. The number of anilines is 1. The lowest BCUT2D eigenvalue weighted by Gasteiger charge is -2.03. The zero-order valence-electron chi connectivity index (χ0n) is 8.53. The molecule has 0 saturated carbocycles. The lowest BCUT2D eigenvalue weighted by Crippen LogP contribution is -2.08. The van der Waals surface area contributed by atoms with Gasteiger partial charge in [-0.3, -0.25) is 4.79 Å². The molecule has 1 aliphatic heterocycles. The second kappa shape index (κ2) is 3.38. The largest absolute Gasteiger partial charge is 0.465 e. The molecule has 1 amide bonds. The fraction of sp³-hybridized carbons (Fsp3) is 0.273. The van der Waals surface area contributed by atoms with E-state index in [0.717, 1.165) is 5.56 Å². The number of carbonyl (C=O) groups is 2. The standard InChI is InChI=1S/C11H11NO3/c1-6-8-4-3-7(11(14)15-2)5-9(8)12-10(6)13/h3-6H,1-2H3,(H,12,13). The Kier molecular flexibility index (Phi) is 2.19. The van der Waals surface area contributed by atoms with Crippen molar-refractivity contribution >= 4 is 17.6 Å². The quantitative estimate of drug-likeness (QED) is 0.707. The van der Waals surface area contributed by atoms with Crippen molar-refractivity contribution < 1.29 is 14.3 Å². The Morgan fingerprint density at radius 1 is 1.47 bits per heavy atom.